The van der Waals surface area contributed by atoms with Crippen LogP contribution in [0.25, 0.3) is 15.8 Å². The van der Waals surface area contributed by atoms with Crippen molar-refractivity contribution in [3.05, 3.63) is 41.4 Å². The van der Waals surface area contributed by atoms with Crippen LogP contribution in [-0.4, -0.2) is 9.78 Å². The van der Waals surface area contributed by atoms with Crippen molar-refractivity contribution in [1.29, 1.82) is 0 Å². The third kappa shape index (κ3) is 1.39. The Bertz CT molecular complexity index is 651. The Hall–Kier alpha value is -1.81. The molecule has 4 heteroatoms. The predicted molar refractivity (Wildman–Crippen MR) is 68.1 cm³/mol. The number of fused-ring (bicyclic) bond motifs is 1. The number of anilines is 1. The molecule has 0 aliphatic heterocycles. The smallest absolute Gasteiger partial charge is 0.146 e. The van der Waals surface area contributed by atoms with E-state index < -0.39 is 0 Å². The van der Waals surface area contributed by atoms with Crippen LogP contribution in [0.4, 0.5) is 5.82 Å². The normalized spacial score (nSPS) is 11.1. The highest BCUT2D eigenvalue weighted by Gasteiger charge is 2.04. The van der Waals surface area contributed by atoms with Crippen LogP contribution in [0, 0.1) is 6.92 Å². The lowest BCUT2D eigenvalue weighted by Crippen LogP contribution is -1.98. The minimum Gasteiger partial charge on any atom is -0.382 e. The fraction of sp³-hybridized carbons (Fsp3) is 0.0833. The quantitative estimate of drug-likeness (QED) is 0.697. The zero-order valence-corrected chi connectivity index (χ0v) is 9.66. The molecule has 3 aromatic rings. The second kappa shape index (κ2) is 3.35. The van der Waals surface area contributed by atoms with Gasteiger partial charge in [0.25, 0.3) is 0 Å². The molecule has 2 N–H and O–H groups in total. The molecule has 16 heavy (non-hydrogen) atoms. The minimum atomic E-state index is 0.558. The van der Waals surface area contributed by atoms with Gasteiger partial charge in [-0.15, -0.1) is 11.3 Å². The van der Waals surface area contributed by atoms with Gasteiger partial charge in [-0.05, 0) is 42.0 Å². The molecule has 0 unspecified atom stereocenters. The van der Waals surface area contributed by atoms with Crippen molar-refractivity contribution in [3.63, 3.8) is 0 Å². The molecule has 0 aliphatic carbocycles. The summed E-state index contributed by atoms with van der Waals surface area (Å²) in [6.07, 6.45) is 0. The largest absolute Gasteiger partial charge is 0.382 e. The van der Waals surface area contributed by atoms with Gasteiger partial charge in [-0.1, -0.05) is 0 Å². The van der Waals surface area contributed by atoms with E-state index in [1.165, 1.54) is 10.1 Å². The molecule has 0 saturated carbocycles. The zero-order valence-electron chi connectivity index (χ0n) is 8.84. The Labute approximate surface area is 97.1 Å². The zero-order chi connectivity index (χ0) is 11.1. The number of nitrogen functional groups attached to an aromatic ring is 1. The van der Waals surface area contributed by atoms with E-state index in [2.05, 4.69) is 34.7 Å². The highest BCUT2D eigenvalue weighted by Crippen LogP contribution is 2.24. The number of hydrogen-bond donors (Lipinski definition) is 1. The summed E-state index contributed by atoms with van der Waals surface area (Å²) in [5.74, 6) is 0.558. The van der Waals surface area contributed by atoms with Crippen LogP contribution in [0.5, 0.6) is 0 Å². The molecule has 0 radical (unpaired) electrons. The maximum Gasteiger partial charge on any atom is 0.146 e. The summed E-state index contributed by atoms with van der Waals surface area (Å²) in [5, 5.41) is 7.61. The first-order chi connectivity index (χ1) is 7.74. The highest BCUT2D eigenvalue weighted by atomic mass is 32.1. The van der Waals surface area contributed by atoms with Crippen LogP contribution >= 0.6 is 11.3 Å². The number of nitrogens with zero attached hydrogens (tertiary/aromatic N) is 2. The van der Waals surface area contributed by atoms with Crippen molar-refractivity contribution < 1.29 is 0 Å². The number of rotatable bonds is 1. The Kier molecular flexibility index (Phi) is 1.97. The maximum absolute atomic E-state index is 5.68. The summed E-state index contributed by atoms with van der Waals surface area (Å²) in [7, 11) is 0. The summed E-state index contributed by atoms with van der Waals surface area (Å²) in [6.45, 7) is 2.00. The van der Waals surface area contributed by atoms with Gasteiger partial charge >= 0.3 is 0 Å². The van der Waals surface area contributed by atoms with Crippen molar-refractivity contribution in [1.82, 2.24) is 9.78 Å². The van der Waals surface area contributed by atoms with Crippen LogP contribution in [0.1, 0.15) is 5.69 Å². The number of hydrogen-bond acceptors (Lipinski definition) is 3. The van der Waals surface area contributed by atoms with Crippen LogP contribution < -0.4 is 5.73 Å². The van der Waals surface area contributed by atoms with E-state index in [9.17, 15) is 0 Å². The third-order valence-electron chi connectivity index (χ3n) is 2.59. The summed E-state index contributed by atoms with van der Waals surface area (Å²) in [4.78, 5) is 0. The van der Waals surface area contributed by atoms with Crippen molar-refractivity contribution in [2.75, 3.05) is 5.73 Å². The summed E-state index contributed by atoms with van der Waals surface area (Å²) in [6, 6.07) is 10.3. The lowest BCUT2D eigenvalue weighted by molar-refractivity contribution is 0.853. The number of benzene rings is 1. The van der Waals surface area contributed by atoms with E-state index in [0.717, 1.165) is 11.4 Å². The van der Waals surface area contributed by atoms with E-state index in [4.69, 9.17) is 5.73 Å². The molecule has 1 aromatic carbocycles. The van der Waals surface area contributed by atoms with Crippen molar-refractivity contribution in [2.45, 2.75) is 6.92 Å². The Morgan fingerprint density at radius 1 is 1.25 bits per heavy atom. The molecule has 3 rings (SSSR count). The van der Waals surface area contributed by atoms with E-state index in [1.54, 1.807) is 11.3 Å². The van der Waals surface area contributed by atoms with Crippen LogP contribution in [-0.2, 0) is 0 Å². The van der Waals surface area contributed by atoms with E-state index in [-0.39, 0.29) is 0 Å². The number of nitrogens with two attached hydrogens (primary N) is 1. The second-order valence-corrected chi connectivity index (χ2v) is 4.71. The second-order valence-electron chi connectivity index (χ2n) is 3.77. The first-order valence-electron chi connectivity index (χ1n) is 5.04. The fourth-order valence-corrected chi connectivity index (χ4v) is 2.62. The van der Waals surface area contributed by atoms with Gasteiger partial charge in [-0.2, -0.15) is 5.10 Å². The van der Waals surface area contributed by atoms with Crippen molar-refractivity contribution >= 4 is 27.2 Å². The fourth-order valence-electron chi connectivity index (χ4n) is 1.85. The molecule has 0 bridgehead atoms. The molecule has 2 aromatic heterocycles. The number of aromatic nitrogens is 2. The lowest BCUT2D eigenvalue weighted by Gasteiger charge is -2.03. The summed E-state index contributed by atoms with van der Waals surface area (Å²) in [5.41, 5.74) is 7.78. The topological polar surface area (TPSA) is 43.8 Å². The van der Waals surface area contributed by atoms with E-state index >= 15 is 0 Å². The van der Waals surface area contributed by atoms with Gasteiger partial charge in [0, 0.05) is 16.5 Å². The van der Waals surface area contributed by atoms with E-state index in [1.807, 2.05) is 17.7 Å². The average Bonchev–Trinajstić information content (AvgIpc) is 2.83. The Morgan fingerprint density at radius 2 is 2.12 bits per heavy atom. The molecular formula is C12H11N3S. The van der Waals surface area contributed by atoms with Gasteiger partial charge in [-0.3, -0.25) is 0 Å². The van der Waals surface area contributed by atoms with Crippen molar-refractivity contribution in [3.8, 4) is 5.69 Å². The number of aryl methyl sites for hydroxylation is 1. The Morgan fingerprint density at radius 3 is 2.88 bits per heavy atom. The highest BCUT2D eigenvalue weighted by molar-refractivity contribution is 7.17. The van der Waals surface area contributed by atoms with Gasteiger partial charge in [0.15, 0.2) is 0 Å². The minimum absolute atomic E-state index is 0.558. The van der Waals surface area contributed by atoms with Crippen LogP contribution in [0.15, 0.2) is 35.7 Å². The van der Waals surface area contributed by atoms with Crippen LogP contribution in [0.2, 0.25) is 0 Å². The molecule has 2 heterocycles. The lowest BCUT2D eigenvalue weighted by atomic mass is 10.2. The summed E-state index contributed by atoms with van der Waals surface area (Å²) >= 11 is 1.75. The maximum atomic E-state index is 5.68. The molecule has 0 fully saturated rings. The van der Waals surface area contributed by atoms with Crippen LogP contribution in [0.3, 0.4) is 0 Å². The van der Waals surface area contributed by atoms with Gasteiger partial charge < -0.3 is 5.73 Å². The molecule has 0 amide bonds. The molecule has 80 valence electrons. The molecule has 0 atom stereocenters. The van der Waals surface area contributed by atoms with Gasteiger partial charge in [0.1, 0.15) is 5.82 Å². The molecule has 0 saturated heterocycles. The summed E-state index contributed by atoms with van der Waals surface area (Å²) < 4.78 is 3.16. The van der Waals surface area contributed by atoms with Gasteiger partial charge in [0.05, 0.1) is 5.69 Å². The molecular weight excluding hydrogens is 218 g/mol. The first kappa shape index (κ1) is 9.42. The SMILES string of the molecule is Cc1cc(N)nn1-c1ccc2sccc2c1. The molecule has 0 spiro atoms. The third-order valence-corrected chi connectivity index (χ3v) is 3.48. The number of thiophene rings is 1. The Balaban J connectivity index is 2.21. The standard InChI is InChI=1S/C12H11N3S/c1-8-6-12(13)14-15(8)10-2-3-11-9(7-10)4-5-16-11/h2-7H,1H3,(H2,13,14). The monoisotopic (exact) mass is 229 g/mol. The average molecular weight is 229 g/mol. The van der Waals surface area contributed by atoms with Gasteiger partial charge in [-0.25, -0.2) is 4.68 Å². The first-order valence-corrected chi connectivity index (χ1v) is 5.92. The van der Waals surface area contributed by atoms with Gasteiger partial charge in [0.2, 0.25) is 0 Å². The molecule has 3 nitrogen and oxygen atoms in total. The molecule has 0 aliphatic rings. The predicted octanol–water partition coefficient (Wildman–Crippen LogP) is 2.98. The van der Waals surface area contributed by atoms with Crippen molar-refractivity contribution in [2.24, 2.45) is 0 Å². The van der Waals surface area contributed by atoms with E-state index in [0.29, 0.717) is 5.82 Å².